The first-order valence-electron chi connectivity index (χ1n) is 12.1. The Bertz CT molecular complexity index is 1060. The number of carbonyl (C=O) groups is 2. The maximum absolute atomic E-state index is 13.5. The van der Waals surface area contributed by atoms with E-state index in [0.717, 1.165) is 27.8 Å². The monoisotopic (exact) mass is 536 g/mol. The quantitative estimate of drug-likeness (QED) is 0.282. The molecule has 5 nitrogen and oxygen atoms in total. The van der Waals surface area contributed by atoms with Gasteiger partial charge in [0.25, 0.3) is 0 Å². The highest BCUT2D eigenvalue weighted by Crippen LogP contribution is 2.19. The highest BCUT2D eigenvalue weighted by molar-refractivity contribution is 9.10. The summed E-state index contributed by atoms with van der Waals surface area (Å²) in [6, 6.07) is 26.7. The zero-order valence-corrected chi connectivity index (χ0v) is 21.7. The molecule has 0 bridgehead atoms. The van der Waals surface area contributed by atoms with Crippen LogP contribution in [0, 0.1) is 0 Å². The van der Waals surface area contributed by atoms with Gasteiger partial charge in [-0.3, -0.25) is 9.59 Å². The van der Waals surface area contributed by atoms with Crippen molar-refractivity contribution >= 4 is 27.7 Å². The average molecular weight is 537 g/mol. The van der Waals surface area contributed by atoms with Crippen molar-refractivity contribution in [3.05, 3.63) is 101 Å². The molecule has 3 rings (SSSR count). The van der Waals surface area contributed by atoms with E-state index in [2.05, 4.69) is 21.2 Å². The van der Waals surface area contributed by atoms with Crippen molar-refractivity contribution in [2.75, 3.05) is 13.2 Å². The molecule has 3 aromatic rings. The topological polar surface area (TPSA) is 58.6 Å². The van der Waals surface area contributed by atoms with Crippen LogP contribution in [0.3, 0.4) is 0 Å². The van der Waals surface area contributed by atoms with E-state index in [4.69, 9.17) is 4.74 Å². The van der Waals surface area contributed by atoms with E-state index in [9.17, 15) is 9.59 Å². The number of hydrogen-bond donors (Lipinski definition) is 1. The molecular weight excluding hydrogens is 504 g/mol. The molecule has 35 heavy (non-hydrogen) atoms. The molecule has 0 aliphatic carbocycles. The Morgan fingerprint density at radius 2 is 1.63 bits per heavy atom. The average Bonchev–Trinajstić information content (AvgIpc) is 2.88. The molecular formula is C29H33BrN2O3. The molecule has 1 N–H and O–H groups in total. The Morgan fingerprint density at radius 3 is 2.31 bits per heavy atom. The third-order valence-corrected chi connectivity index (χ3v) is 6.10. The van der Waals surface area contributed by atoms with Gasteiger partial charge in [0.1, 0.15) is 11.8 Å². The third-order valence-electron chi connectivity index (χ3n) is 5.61. The van der Waals surface area contributed by atoms with Crippen LogP contribution in [0.15, 0.2) is 89.4 Å². The van der Waals surface area contributed by atoms with Crippen LogP contribution in [-0.4, -0.2) is 35.9 Å². The molecule has 0 saturated carbocycles. The van der Waals surface area contributed by atoms with Crippen molar-refractivity contribution in [1.29, 1.82) is 0 Å². The van der Waals surface area contributed by atoms with Crippen LogP contribution in [0.2, 0.25) is 0 Å². The van der Waals surface area contributed by atoms with Gasteiger partial charge in [-0.05, 0) is 48.2 Å². The van der Waals surface area contributed by atoms with E-state index in [0.29, 0.717) is 39.0 Å². The van der Waals surface area contributed by atoms with Crippen molar-refractivity contribution in [1.82, 2.24) is 10.2 Å². The molecule has 2 amide bonds. The molecule has 0 unspecified atom stereocenters. The SMILES string of the molecule is CCCNC(=O)[C@H](Cc1ccccc1)N(Cc1cccc(Br)c1)C(=O)CCCOc1ccccc1. The van der Waals surface area contributed by atoms with Gasteiger partial charge >= 0.3 is 0 Å². The Hall–Kier alpha value is -3.12. The smallest absolute Gasteiger partial charge is 0.243 e. The van der Waals surface area contributed by atoms with Crippen LogP contribution >= 0.6 is 15.9 Å². The minimum Gasteiger partial charge on any atom is -0.494 e. The number of ether oxygens (including phenoxy) is 1. The molecule has 0 fully saturated rings. The van der Waals surface area contributed by atoms with Gasteiger partial charge < -0.3 is 15.0 Å². The second kappa shape index (κ2) is 14.3. The van der Waals surface area contributed by atoms with Gasteiger partial charge in [-0.1, -0.05) is 83.5 Å². The summed E-state index contributed by atoms with van der Waals surface area (Å²) in [4.78, 5) is 28.5. The summed E-state index contributed by atoms with van der Waals surface area (Å²) < 4.78 is 6.71. The van der Waals surface area contributed by atoms with Gasteiger partial charge in [0.2, 0.25) is 11.8 Å². The van der Waals surface area contributed by atoms with E-state index >= 15 is 0 Å². The summed E-state index contributed by atoms with van der Waals surface area (Å²) in [5.74, 6) is 0.598. The fourth-order valence-electron chi connectivity index (χ4n) is 3.83. The van der Waals surface area contributed by atoms with Crippen molar-refractivity contribution in [2.24, 2.45) is 0 Å². The third kappa shape index (κ3) is 8.87. The van der Waals surface area contributed by atoms with Gasteiger partial charge in [0, 0.05) is 30.4 Å². The van der Waals surface area contributed by atoms with Crippen LogP contribution in [0.25, 0.3) is 0 Å². The minimum atomic E-state index is -0.606. The van der Waals surface area contributed by atoms with Crippen molar-refractivity contribution < 1.29 is 14.3 Å². The number of nitrogens with one attached hydrogen (secondary N) is 1. The van der Waals surface area contributed by atoms with Crippen LogP contribution in [-0.2, 0) is 22.6 Å². The molecule has 6 heteroatoms. The zero-order valence-electron chi connectivity index (χ0n) is 20.2. The minimum absolute atomic E-state index is 0.0609. The molecule has 184 valence electrons. The number of benzene rings is 3. The first kappa shape index (κ1) is 26.5. The first-order valence-corrected chi connectivity index (χ1v) is 12.9. The lowest BCUT2D eigenvalue weighted by molar-refractivity contribution is -0.141. The number of amides is 2. The maximum atomic E-state index is 13.5. The Morgan fingerprint density at radius 1 is 0.943 bits per heavy atom. The van der Waals surface area contributed by atoms with Crippen LogP contribution in [0.1, 0.15) is 37.3 Å². The van der Waals surface area contributed by atoms with E-state index in [1.54, 1.807) is 4.90 Å². The fraction of sp³-hybridized carbons (Fsp3) is 0.310. The fourth-order valence-corrected chi connectivity index (χ4v) is 4.27. The summed E-state index contributed by atoms with van der Waals surface area (Å²) in [6.07, 6.45) is 2.15. The number of carbonyl (C=O) groups excluding carboxylic acids is 2. The first-order chi connectivity index (χ1) is 17.1. The van der Waals surface area contributed by atoms with Crippen molar-refractivity contribution in [3.63, 3.8) is 0 Å². The zero-order chi connectivity index (χ0) is 24.9. The molecule has 0 spiro atoms. The van der Waals surface area contributed by atoms with Gasteiger partial charge in [0.05, 0.1) is 6.61 Å². The Labute approximate surface area is 216 Å². The Balaban J connectivity index is 1.78. The molecule has 0 aliphatic heterocycles. The molecule has 3 aromatic carbocycles. The molecule has 1 atom stereocenters. The van der Waals surface area contributed by atoms with E-state index in [-0.39, 0.29) is 11.8 Å². The maximum Gasteiger partial charge on any atom is 0.243 e. The highest BCUT2D eigenvalue weighted by Gasteiger charge is 2.30. The van der Waals surface area contributed by atoms with Crippen LogP contribution in [0.5, 0.6) is 5.75 Å². The van der Waals surface area contributed by atoms with Crippen molar-refractivity contribution in [3.8, 4) is 5.75 Å². The largest absolute Gasteiger partial charge is 0.494 e. The van der Waals surface area contributed by atoms with Crippen LogP contribution in [0.4, 0.5) is 0 Å². The number of halogens is 1. The molecule has 0 radical (unpaired) electrons. The number of rotatable bonds is 13. The van der Waals surface area contributed by atoms with Crippen LogP contribution < -0.4 is 10.1 Å². The number of nitrogens with zero attached hydrogens (tertiary/aromatic N) is 1. The summed E-state index contributed by atoms with van der Waals surface area (Å²) in [5.41, 5.74) is 1.98. The summed E-state index contributed by atoms with van der Waals surface area (Å²) in [6.45, 7) is 3.39. The molecule has 0 aromatic heterocycles. The van der Waals surface area contributed by atoms with E-state index < -0.39 is 6.04 Å². The standard InChI is InChI=1S/C29H33BrN2O3/c1-2-18-31-29(34)27(21-23-11-5-3-6-12-23)32(22-24-13-9-14-25(30)20-24)28(33)17-10-19-35-26-15-7-4-8-16-26/h3-9,11-16,20,27H,2,10,17-19,21-22H2,1H3,(H,31,34)/t27-/m0/s1. The lowest BCUT2D eigenvalue weighted by Gasteiger charge is -2.31. The normalized spacial score (nSPS) is 11.5. The lowest BCUT2D eigenvalue weighted by Crippen LogP contribution is -2.50. The van der Waals surface area contributed by atoms with Gasteiger partial charge in [0.15, 0.2) is 0 Å². The molecule has 0 aliphatic rings. The van der Waals surface area contributed by atoms with E-state index in [1.165, 1.54) is 0 Å². The predicted octanol–water partition coefficient (Wildman–Crippen LogP) is 5.77. The van der Waals surface area contributed by atoms with Gasteiger partial charge in [-0.15, -0.1) is 0 Å². The lowest BCUT2D eigenvalue weighted by atomic mass is 10.0. The van der Waals surface area contributed by atoms with Crippen molar-refractivity contribution in [2.45, 2.75) is 45.2 Å². The Kier molecular flexibility index (Phi) is 10.8. The van der Waals surface area contributed by atoms with E-state index in [1.807, 2.05) is 91.9 Å². The summed E-state index contributed by atoms with van der Waals surface area (Å²) >= 11 is 3.52. The molecule has 0 heterocycles. The van der Waals surface area contributed by atoms with Gasteiger partial charge in [-0.25, -0.2) is 0 Å². The number of para-hydroxylation sites is 1. The second-order valence-corrected chi connectivity index (χ2v) is 9.33. The summed E-state index contributed by atoms with van der Waals surface area (Å²) in [7, 11) is 0. The summed E-state index contributed by atoms with van der Waals surface area (Å²) in [5, 5.41) is 3.01. The molecule has 0 saturated heterocycles. The van der Waals surface area contributed by atoms with Gasteiger partial charge in [-0.2, -0.15) is 0 Å². The predicted molar refractivity (Wildman–Crippen MR) is 143 cm³/mol. The highest BCUT2D eigenvalue weighted by atomic mass is 79.9. The number of hydrogen-bond acceptors (Lipinski definition) is 3. The second-order valence-electron chi connectivity index (χ2n) is 8.41.